The van der Waals surface area contributed by atoms with Crippen molar-refractivity contribution in [2.45, 2.75) is 13.2 Å². The molecular weight excluding hydrogens is 380 g/mol. The Morgan fingerprint density at radius 1 is 1.19 bits per heavy atom. The zero-order valence-electron chi connectivity index (χ0n) is 15.2. The number of aromatic nitrogens is 2. The van der Waals surface area contributed by atoms with Crippen molar-refractivity contribution >= 4 is 29.2 Å². The van der Waals surface area contributed by atoms with Crippen molar-refractivity contribution in [3.8, 4) is 10.8 Å². The van der Waals surface area contributed by atoms with Gasteiger partial charge in [-0.2, -0.15) is 0 Å². The number of thiophene rings is 1. The molecule has 4 rings (SSSR count). The SMILES string of the molecule is CN(Cc1ccc(N2CCOCC2)cc1)Cn1nc(-c2cccs2)oc1=S. The second kappa shape index (κ2) is 8.35. The lowest BCUT2D eigenvalue weighted by Crippen LogP contribution is -2.36. The largest absolute Gasteiger partial charge is 0.408 e. The smallest absolute Gasteiger partial charge is 0.288 e. The lowest BCUT2D eigenvalue weighted by atomic mass is 10.2. The molecule has 1 aromatic carbocycles. The van der Waals surface area contributed by atoms with E-state index in [2.05, 4.69) is 46.2 Å². The van der Waals surface area contributed by atoms with E-state index in [1.165, 1.54) is 11.3 Å². The molecule has 0 aliphatic carbocycles. The molecule has 1 fully saturated rings. The zero-order valence-corrected chi connectivity index (χ0v) is 16.8. The highest BCUT2D eigenvalue weighted by Crippen LogP contribution is 2.23. The van der Waals surface area contributed by atoms with E-state index in [0.717, 1.165) is 37.7 Å². The van der Waals surface area contributed by atoms with E-state index >= 15 is 0 Å². The van der Waals surface area contributed by atoms with Gasteiger partial charge >= 0.3 is 0 Å². The predicted molar refractivity (Wildman–Crippen MR) is 110 cm³/mol. The first kappa shape index (κ1) is 18.4. The van der Waals surface area contributed by atoms with Gasteiger partial charge in [0, 0.05) is 25.3 Å². The maximum Gasteiger partial charge on any atom is 0.288 e. The summed E-state index contributed by atoms with van der Waals surface area (Å²) in [5.74, 6) is 0.582. The summed E-state index contributed by atoms with van der Waals surface area (Å²) >= 11 is 6.91. The molecule has 8 heteroatoms. The molecule has 0 amide bonds. The number of hydrogen-bond donors (Lipinski definition) is 0. The Hall–Kier alpha value is -2.00. The van der Waals surface area contributed by atoms with Crippen LogP contribution >= 0.6 is 23.6 Å². The monoisotopic (exact) mass is 402 g/mol. The number of anilines is 1. The molecule has 27 heavy (non-hydrogen) atoms. The summed E-state index contributed by atoms with van der Waals surface area (Å²) in [6.07, 6.45) is 0. The molecule has 0 spiro atoms. The molecule has 0 saturated carbocycles. The number of ether oxygens (including phenoxy) is 1. The van der Waals surface area contributed by atoms with Gasteiger partial charge < -0.3 is 14.1 Å². The average Bonchev–Trinajstić information content (AvgIpc) is 3.33. The molecule has 3 heterocycles. The van der Waals surface area contributed by atoms with Crippen LogP contribution in [0.4, 0.5) is 5.69 Å². The van der Waals surface area contributed by atoms with Gasteiger partial charge in [0.2, 0.25) is 0 Å². The number of nitrogens with zero attached hydrogens (tertiary/aromatic N) is 4. The summed E-state index contributed by atoms with van der Waals surface area (Å²) in [4.78, 5) is 5.91. The van der Waals surface area contributed by atoms with Gasteiger partial charge in [-0.15, -0.1) is 16.4 Å². The molecule has 0 bridgehead atoms. The maximum absolute atomic E-state index is 5.63. The second-order valence-electron chi connectivity index (χ2n) is 6.57. The van der Waals surface area contributed by atoms with Gasteiger partial charge in [-0.1, -0.05) is 18.2 Å². The van der Waals surface area contributed by atoms with Gasteiger partial charge in [0.15, 0.2) is 0 Å². The van der Waals surface area contributed by atoms with Crippen LogP contribution in [0.3, 0.4) is 0 Å². The second-order valence-corrected chi connectivity index (χ2v) is 7.87. The predicted octanol–water partition coefficient (Wildman–Crippen LogP) is 3.86. The number of hydrogen-bond acceptors (Lipinski definition) is 7. The first-order valence-corrected chi connectivity index (χ1v) is 10.2. The van der Waals surface area contributed by atoms with Crippen LogP contribution in [0.25, 0.3) is 10.8 Å². The molecular formula is C19H22N4O2S2. The van der Waals surface area contributed by atoms with Crippen molar-refractivity contribution in [1.29, 1.82) is 0 Å². The fourth-order valence-electron chi connectivity index (χ4n) is 3.12. The molecule has 0 radical (unpaired) electrons. The van der Waals surface area contributed by atoms with Crippen molar-refractivity contribution in [3.63, 3.8) is 0 Å². The maximum atomic E-state index is 5.63. The Balaban J connectivity index is 1.38. The fourth-order valence-corrected chi connectivity index (χ4v) is 3.94. The van der Waals surface area contributed by atoms with Crippen molar-refractivity contribution in [2.75, 3.05) is 38.3 Å². The van der Waals surface area contributed by atoms with E-state index in [1.54, 1.807) is 16.0 Å². The molecule has 1 aliphatic rings. The summed E-state index contributed by atoms with van der Waals surface area (Å²) in [6.45, 7) is 4.91. The Morgan fingerprint density at radius 2 is 1.96 bits per heavy atom. The summed E-state index contributed by atoms with van der Waals surface area (Å²) in [5.41, 5.74) is 2.51. The normalized spacial score (nSPS) is 14.8. The zero-order chi connectivity index (χ0) is 18.6. The van der Waals surface area contributed by atoms with Gasteiger partial charge in [0.1, 0.15) is 0 Å². The van der Waals surface area contributed by atoms with E-state index in [1.807, 2.05) is 17.5 Å². The first-order valence-electron chi connectivity index (χ1n) is 8.91. The number of morpholine rings is 1. The van der Waals surface area contributed by atoms with Crippen LogP contribution in [0, 0.1) is 4.84 Å². The van der Waals surface area contributed by atoms with E-state index in [0.29, 0.717) is 17.4 Å². The molecule has 1 saturated heterocycles. The van der Waals surface area contributed by atoms with Crippen LogP contribution in [0.2, 0.25) is 0 Å². The lowest BCUT2D eigenvalue weighted by Gasteiger charge is -2.29. The topological polar surface area (TPSA) is 46.7 Å². The molecule has 2 aromatic heterocycles. The first-order chi connectivity index (χ1) is 13.2. The van der Waals surface area contributed by atoms with Crippen molar-refractivity contribution in [2.24, 2.45) is 0 Å². The highest BCUT2D eigenvalue weighted by atomic mass is 32.1. The third kappa shape index (κ3) is 4.47. The van der Waals surface area contributed by atoms with E-state index in [-0.39, 0.29) is 0 Å². The molecule has 142 valence electrons. The minimum absolute atomic E-state index is 0.396. The summed E-state index contributed by atoms with van der Waals surface area (Å²) in [7, 11) is 2.05. The molecule has 1 aliphatic heterocycles. The van der Waals surface area contributed by atoms with Crippen LogP contribution in [0.15, 0.2) is 46.2 Å². The van der Waals surface area contributed by atoms with Crippen LogP contribution in [-0.2, 0) is 18.0 Å². The van der Waals surface area contributed by atoms with E-state index in [9.17, 15) is 0 Å². The lowest BCUT2D eigenvalue weighted by molar-refractivity contribution is 0.122. The van der Waals surface area contributed by atoms with Gasteiger partial charge in [0.05, 0.1) is 24.8 Å². The summed E-state index contributed by atoms with van der Waals surface area (Å²) < 4.78 is 12.8. The quantitative estimate of drug-likeness (QED) is 0.584. The van der Waals surface area contributed by atoms with E-state index < -0.39 is 0 Å². The fraction of sp³-hybridized carbons (Fsp3) is 0.368. The van der Waals surface area contributed by atoms with Crippen molar-refractivity contribution in [3.05, 3.63) is 52.2 Å². The minimum Gasteiger partial charge on any atom is -0.408 e. The van der Waals surface area contributed by atoms with Crippen molar-refractivity contribution < 1.29 is 9.15 Å². The van der Waals surface area contributed by atoms with Crippen LogP contribution in [0.5, 0.6) is 0 Å². The van der Waals surface area contributed by atoms with Gasteiger partial charge in [-0.25, -0.2) is 4.68 Å². The number of rotatable bonds is 6. The Bertz CT molecular complexity index is 912. The van der Waals surface area contributed by atoms with Gasteiger partial charge in [-0.05, 0) is 48.4 Å². The van der Waals surface area contributed by atoms with Crippen LogP contribution in [-0.4, -0.2) is 48.0 Å². The Kier molecular flexibility index (Phi) is 5.68. The summed E-state index contributed by atoms with van der Waals surface area (Å²) in [5, 5.41) is 6.50. The molecule has 0 atom stereocenters. The highest BCUT2D eigenvalue weighted by Gasteiger charge is 2.12. The third-order valence-corrected chi connectivity index (χ3v) is 5.63. The van der Waals surface area contributed by atoms with Crippen molar-refractivity contribution in [1.82, 2.24) is 14.7 Å². The third-order valence-electron chi connectivity index (χ3n) is 4.48. The average molecular weight is 403 g/mol. The molecule has 0 unspecified atom stereocenters. The number of benzene rings is 1. The van der Waals surface area contributed by atoms with Gasteiger partial charge in [-0.3, -0.25) is 4.90 Å². The Labute approximate surface area is 167 Å². The molecule has 6 nitrogen and oxygen atoms in total. The highest BCUT2D eigenvalue weighted by molar-refractivity contribution is 7.71. The molecule has 0 N–H and O–H groups in total. The molecule has 3 aromatic rings. The van der Waals surface area contributed by atoms with E-state index in [4.69, 9.17) is 21.4 Å². The summed E-state index contributed by atoms with van der Waals surface area (Å²) in [6, 6.07) is 12.7. The minimum atomic E-state index is 0.396. The van der Waals surface area contributed by atoms with Crippen LogP contribution < -0.4 is 4.90 Å². The standard InChI is InChI=1S/C19H22N4O2S2/c1-21(14-23-19(26)25-18(20-23)17-3-2-12-27-17)13-15-4-6-16(7-5-15)22-8-10-24-11-9-22/h2-7,12H,8-11,13-14H2,1H3. The van der Waals surface area contributed by atoms with Gasteiger partial charge in [0.25, 0.3) is 10.7 Å². The Morgan fingerprint density at radius 3 is 2.67 bits per heavy atom. The van der Waals surface area contributed by atoms with Crippen LogP contribution in [0.1, 0.15) is 5.56 Å².